The van der Waals surface area contributed by atoms with E-state index in [1.807, 2.05) is 6.07 Å². The molecule has 1 N–H and O–H groups in total. The van der Waals surface area contributed by atoms with Crippen LogP contribution in [0.15, 0.2) is 22.7 Å². The number of unbranched alkanes of at least 4 members (excludes halogenated alkanes) is 3. The second kappa shape index (κ2) is 9.49. The average Bonchev–Trinajstić information content (AvgIpc) is 2.39. The highest BCUT2D eigenvalue weighted by Crippen LogP contribution is 2.18. The first-order chi connectivity index (χ1) is 9.17. The number of benzene rings is 1. The lowest BCUT2D eigenvalue weighted by molar-refractivity contribution is 0.455. The van der Waals surface area contributed by atoms with Crippen LogP contribution in [0.5, 0.6) is 0 Å². The molecule has 1 nitrogen and oxygen atoms in total. The molecule has 0 aliphatic carbocycles. The lowest BCUT2D eigenvalue weighted by atomic mass is 9.99. The van der Waals surface area contributed by atoms with Gasteiger partial charge in [-0.15, -0.1) is 0 Å². The minimum atomic E-state index is -0.0975. The molecule has 0 spiro atoms. The SMILES string of the molecule is CCCCCCC(Cc1cc(Br)ccc1F)NCC. The summed E-state index contributed by atoms with van der Waals surface area (Å²) in [5.74, 6) is -0.0975. The molecule has 1 unspecified atom stereocenters. The summed E-state index contributed by atoms with van der Waals surface area (Å²) in [7, 11) is 0. The van der Waals surface area contributed by atoms with Crippen molar-refractivity contribution in [3.05, 3.63) is 34.1 Å². The Morgan fingerprint density at radius 2 is 2.00 bits per heavy atom. The fourth-order valence-corrected chi connectivity index (χ4v) is 2.76. The molecule has 0 bridgehead atoms. The fraction of sp³-hybridized carbons (Fsp3) is 0.625. The van der Waals surface area contributed by atoms with Crippen LogP contribution in [0.25, 0.3) is 0 Å². The Morgan fingerprint density at radius 1 is 1.21 bits per heavy atom. The molecule has 0 saturated heterocycles. The summed E-state index contributed by atoms with van der Waals surface area (Å²) in [6, 6.07) is 5.57. The number of hydrogen-bond acceptors (Lipinski definition) is 1. The van der Waals surface area contributed by atoms with E-state index in [-0.39, 0.29) is 5.82 Å². The van der Waals surface area contributed by atoms with Gasteiger partial charge in [0.05, 0.1) is 0 Å². The molecule has 0 aliphatic heterocycles. The van der Waals surface area contributed by atoms with Crippen LogP contribution in [0.2, 0.25) is 0 Å². The zero-order chi connectivity index (χ0) is 14.1. The Labute approximate surface area is 125 Å². The molecule has 1 aromatic rings. The van der Waals surface area contributed by atoms with Crippen molar-refractivity contribution in [2.45, 2.75) is 58.4 Å². The van der Waals surface area contributed by atoms with Crippen molar-refractivity contribution in [2.24, 2.45) is 0 Å². The van der Waals surface area contributed by atoms with Crippen LogP contribution in [0.3, 0.4) is 0 Å². The summed E-state index contributed by atoms with van der Waals surface area (Å²) in [4.78, 5) is 0. The zero-order valence-corrected chi connectivity index (χ0v) is 13.6. The smallest absolute Gasteiger partial charge is 0.126 e. The number of hydrogen-bond donors (Lipinski definition) is 1. The Balaban J connectivity index is 2.54. The molecule has 0 aliphatic rings. The van der Waals surface area contributed by atoms with Crippen LogP contribution in [0, 0.1) is 5.82 Å². The summed E-state index contributed by atoms with van der Waals surface area (Å²) < 4.78 is 14.7. The Morgan fingerprint density at radius 3 is 2.68 bits per heavy atom. The molecule has 3 heteroatoms. The maximum absolute atomic E-state index is 13.8. The maximum Gasteiger partial charge on any atom is 0.126 e. The van der Waals surface area contributed by atoms with Crippen molar-refractivity contribution in [3.63, 3.8) is 0 Å². The van der Waals surface area contributed by atoms with E-state index in [2.05, 4.69) is 35.1 Å². The van der Waals surface area contributed by atoms with Crippen LogP contribution < -0.4 is 5.32 Å². The first-order valence-electron chi connectivity index (χ1n) is 7.34. The van der Waals surface area contributed by atoms with Gasteiger partial charge in [0.2, 0.25) is 0 Å². The van der Waals surface area contributed by atoms with Gasteiger partial charge in [0.1, 0.15) is 5.82 Å². The zero-order valence-electron chi connectivity index (χ0n) is 12.0. The van der Waals surface area contributed by atoms with Crippen LogP contribution in [0.1, 0.15) is 51.5 Å². The van der Waals surface area contributed by atoms with Crippen molar-refractivity contribution in [1.82, 2.24) is 5.32 Å². The van der Waals surface area contributed by atoms with Crippen molar-refractivity contribution in [3.8, 4) is 0 Å². The van der Waals surface area contributed by atoms with Gasteiger partial charge < -0.3 is 5.32 Å². The largest absolute Gasteiger partial charge is 0.314 e. The van der Waals surface area contributed by atoms with E-state index in [1.165, 1.54) is 25.7 Å². The third-order valence-electron chi connectivity index (χ3n) is 3.37. The second-order valence-electron chi connectivity index (χ2n) is 5.04. The molecule has 1 rings (SSSR count). The third kappa shape index (κ3) is 6.53. The van der Waals surface area contributed by atoms with Gasteiger partial charge in [-0.3, -0.25) is 0 Å². The van der Waals surface area contributed by atoms with E-state index in [9.17, 15) is 4.39 Å². The molecule has 0 aromatic heterocycles. The number of nitrogens with one attached hydrogen (secondary N) is 1. The summed E-state index contributed by atoms with van der Waals surface area (Å²) in [6.45, 7) is 5.27. The van der Waals surface area contributed by atoms with Gasteiger partial charge in [-0.1, -0.05) is 55.5 Å². The molecular formula is C16H25BrFN. The van der Waals surface area contributed by atoms with Crippen molar-refractivity contribution in [1.29, 1.82) is 0 Å². The summed E-state index contributed by atoms with van der Waals surface area (Å²) in [5, 5.41) is 3.47. The lowest BCUT2D eigenvalue weighted by Gasteiger charge is -2.18. The molecule has 19 heavy (non-hydrogen) atoms. The van der Waals surface area contributed by atoms with Gasteiger partial charge in [0.25, 0.3) is 0 Å². The first-order valence-corrected chi connectivity index (χ1v) is 8.14. The standard InChI is InChI=1S/C16H25BrFN/c1-3-5-6-7-8-15(19-4-2)12-13-11-14(17)9-10-16(13)18/h9-11,15,19H,3-8,12H2,1-2H3. The van der Waals surface area contributed by atoms with Gasteiger partial charge in [-0.05, 0) is 43.1 Å². The van der Waals surface area contributed by atoms with E-state index >= 15 is 0 Å². The molecule has 0 amide bonds. The number of rotatable bonds is 9. The van der Waals surface area contributed by atoms with E-state index in [0.29, 0.717) is 6.04 Å². The molecule has 0 radical (unpaired) electrons. The average molecular weight is 330 g/mol. The quantitative estimate of drug-likeness (QED) is 0.623. The van der Waals surface area contributed by atoms with Crippen molar-refractivity contribution in [2.75, 3.05) is 6.54 Å². The highest BCUT2D eigenvalue weighted by Gasteiger charge is 2.11. The molecule has 0 saturated carbocycles. The summed E-state index contributed by atoms with van der Waals surface area (Å²) in [5.41, 5.74) is 0.802. The third-order valence-corrected chi connectivity index (χ3v) is 3.87. The predicted molar refractivity (Wildman–Crippen MR) is 84.0 cm³/mol. The predicted octanol–water partition coefficient (Wildman–Crippen LogP) is 5.08. The minimum absolute atomic E-state index is 0.0975. The van der Waals surface area contributed by atoms with Crippen LogP contribution in [-0.2, 0) is 6.42 Å². The lowest BCUT2D eigenvalue weighted by Crippen LogP contribution is -2.31. The van der Waals surface area contributed by atoms with Crippen molar-refractivity contribution < 1.29 is 4.39 Å². The molecule has 108 valence electrons. The Bertz CT molecular complexity index is 368. The highest BCUT2D eigenvalue weighted by molar-refractivity contribution is 9.10. The first kappa shape index (κ1) is 16.6. The molecule has 0 fully saturated rings. The van der Waals surface area contributed by atoms with E-state index in [1.54, 1.807) is 12.1 Å². The second-order valence-corrected chi connectivity index (χ2v) is 5.96. The van der Waals surface area contributed by atoms with Gasteiger partial charge in [-0.2, -0.15) is 0 Å². The van der Waals surface area contributed by atoms with Crippen LogP contribution in [0.4, 0.5) is 4.39 Å². The van der Waals surface area contributed by atoms with Gasteiger partial charge in [0.15, 0.2) is 0 Å². The highest BCUT2D eigenvalue weighted by atomic mass is 79.9. The monoisotopic (exact) mass is 329 g/mol. The Kier molecular flexibility index (Phi) is 8.31. The van der Waals surface area contributed by atoms with Crippen LogP contribution in [-0.4, -0.2) is 12.6 Å². The number of likely N-dealkylation sites (N-methyl/N-ethyl adjacent to an activating group) is 1. The van der Waals surface area contributed by atoms with Gasteiger partial charge >= 0.3 is 0 Å². The van der Waals surface area contributed by atoms with Crippen LogP contribution >= 0.6 is 15.9 Å². The van der Waals surface area contributed by atoms with E-state index in [0.717, 1.165) is 29.4 Å². The summed E-state index contributed by atoms with van der Waals surface area (Å²) >= 11 is 3.41. The number of halogens is 2. The normalized spacial score (nSPS) is 12.6. The van der Waals surface area contributed by atoms with Gasteiger partial charge in [-0.25, -0.2) is 4.39 Å². The molecule has 1 atom stereocenters. The molecule has 1 aromatic carbocycles. The van der Waals surface area contributed by atoms with Crippen molar-refractivity contribution >= 4 is 15.9 Å². The van der Waals surface area contributed by atoms with E-state index < -0.39 is 0 Å². The topological polar surface area (TPSA) is 12.0 Å². The maximum atomic E-state index is 13.8. The molecule has 0 heterocycles. The molecular weight excluding hydrogens is 305 g/mol. The summed E-state index contributed by atoms with van der Waals surface area (Å²) in [6.07, 6.45) is 6.95. The Hall–Kier alpha value is -0.410. The van der Waals surface area contributed by atoms with E-state index in [4.69, 9.17) is 0 Å². The fourth-order valence-electron chi connectivity index (χ4n) is 2.35. The van der Waals surface area contributed by atoms with Gasteiger partial charge in [0, 0.05) is 10.5 Å². The minimum Gasteiger partial charge on any atom is -0.314 e.